The third kappa shape index (κ3) is 3.74. The quantitative estimate of drug-likeness (QED) is 0.340. The third-order valence-corrected chi connectivity index (χ3v) is 5.85. The van der Waals surface area contributed by atoms with E-state index in [4.69, 9.17) is 16.3 Å². The minimum absolute atomic E-state index is 0.0454. The number of amides is 1. The number of aromatic nitrogens is 1. The van der Waals surface area contributed by atoms with Crippen molar-refractivity contribution in [3.63, 3.8) is 0 Å². The molecule has 1 aliphatic heterocycles. The van der Waals surface area contributed by atoms with Crippen molar-refractivity contribution in [2.75, 3.05) is 12.0 Å². The molecule has 0 radical (unpaired) electrons. The van der Waals surface area contributed by atoms with E-state index in [1.54, 1.807) is 48.8 Å². The Bertz CT molecular complexity index is 1210. The Morgan fingerprint density at radius 2 is 1.78 bits per heavy atom. The number of nitrogens with zero attached hydrogens (tertiary/aromatic N) is 2. The van der Waals surface area contributed by atoms with Crippen LogP contribution in [-0.4, -0.2) is 28.9 Å². The summed E-state index contributed by atoms with van der Waals surface area (Å²) < 4.78 is 5.23. The second-order valence-corrected chi connectivity index (χ2v) is 7.72. The lowest BCUT2D eigenvalue weighted by Crippen LogP contribution is -2.29. The van der Waals surface area contributed by atoms with E-state index < -0.39 is 17.7 Å². The summed E-state index contributed by atoms with van der Waals surface area (Å²) in [6, 6.07) is 14.8. The number of hydrogen-bond acceptors (Lipinski definition) is 5. The van der Waals surface area contributed by atoms with Crippen LogP contribution in [0.1, 0.15) is 29.7 Å². The zero-order chi connectivity index (χ0) is 22.8. The first-order chi connectivity index (χ1) is 15.5. The molecule has 4 rings (SSSR count). The van der Waals surface area contributed by atoms with Gasteiger partial charge in [0.2, 0.25) is 0 Å². The summed E-state index contributed by atoms with van der Waals surface area (Å²) in [5.41, 5.74) is 2.47. The summed E-state index contributed by atoms with van der Waals surface area (Å²) >= 11 is 6.32. The standard InChI is InChI=1S/C25H21ClN2O4/c1-3-15-4-6-17(7-5-15)28-22(16-10-12-27-13-11-16)21(24(30)25(28)31)23(29)19-14-18(32-2)8-9-20(19)26/h4-14,22,29H,3H2,1-2H3/b23-21+. The van der Waals surface area contributed by atoms with E-state index in [1.165, 1.54) is 18.1 Å². The van der Waals surface area contributed by atoms with Crippen LogP contribution in [0, 0.1) is 0 Å². The maximum absolute atomic E-state index is 13.2. The van der Waals surface area contributed by atoms with Gasteiger partial charge >= 0.3 is 0 Å². The molecule has 3 aromatic rings. The third-order valence-electron chi connectivity index (χ3n) is 5.52. The predicted molar refractivity (Wildman–Crippen MR) is 123 cm³/mol. The molecule has 2 heterocycles. The maximum atomic E-state index is 13.2. The van der Waals surface area contributed by atoms with Gasteiger partial charge in [-0.15, -0.1) is 0 Å². The van der Waals surface area contributed by atoms with Gasteiger partial charge in [-0.2, -0.15) is 0 Å². The highest BCUT2D eigenvalue weighted by molar-refractivity contribution is 6.52. The van der Waals surface area contributed by atoms with E-state index in [1.807, 2.05) is 19.1 Å². The molecule has 6 nitrogen and oxygen atoms in total. The SMILES string of the molecule is CCc1ccc(N2C(=O)C(=O)/C(=C(/O)c3cc(OC)ccc3Cl)C2c2ccncc2)cc1. The molecule has 1 unspecified atom stereocenters. The van der Waals surface area contributed by atoms with Gasteiger partial charge in [-0.3, -0.25) is 19.5 Å². The van der Waals surface area contributed by atoms with Gasteiger partial charge in [0, 0.05) is 23.6 Å². The van der Waals surface area contributed by atoms with Crippen molar-refractivity contribution in [3.8, 4) is 5.75 Å². The molecule has 32 heavy (non-hydrogen) atoms. The number of rotatable bonds is 5. The molecule has 1 fully saturated rings. The van der Waals surface area contributed by atoms with E-state index in [9.17, 15) is 14.7 Å². The summed E-state index contributed by atoms with van der Waals surface area (Å²) in [5.74, 6) is -1.41. The van der Waals surface area contributed by atoms with E-state index in [0.717, 1.165) is 12.0 Å². The Balaban J connectivity index is 1.94. The maximum Gasteiger partial charge on any atom is 0.300 e. The smallest absolute Gasteiger partial charge is 0.300 e. The Morgan fingerprint density at radius 1 is 1.09 bits per heavy atom. The second kappa shape index (κ2) is 8.85. The molecule has 0 bridgehead atoms. The van der Waals surface area contributed by atoms with E-state index in [2.05, 4.69) is 4.98 Å². The topological polar surface area (TPSA) is 79.7 Å². The molecule has 1 N–H and O–H groups in total. The fourth-order valence-corrected chi connectivity index (χ4v) is 4.02. The average Bonchev–Trinajstić information content (AvgIpc) is 3.10. The van der Waals surface area contributed by atoms with Crippen LogP contribution in [0.25, 0.3) is 5.76 Å². The van der Waals surface area contributed by atoms with Crippen LogP contribution in [0.2, 0.25) is 5.02 Å². The molecule has 162 valence electrons. The summed E-state index contributed by atoms with van der Waals surface area (Å²) in [6.07, 6.45) is 4.00. The van der Waals surface area contributed by atoms with Crippen LogP contribution >= 0.6 is 11.6 Å². The zero-order valence-electron chi connectivity index (χ0n) is 17.6. The van der Waals surface area contributed by atoms with Gasteiger partial charge in [0.25, 0.3) is 11.7 Å². The number of aliphatic hydroxyl groups is 1. The number of halogens is 1. The van der Waals surface area contributed by atoms with Crippen molar-refractivity contribution in [2.24, 2.45) is 0 Å². The van der Waals surface area contributed by atoms with Gasteiger partial charge in [-0.05, 0) is 60.0 Å². The Hall–Kier alpha value is -3.64. The monoisotopic (exact) mass is 448 g/mol. The van der Waals surface area contributed by atoms with Crippen molar-refractivity contribution >= 4 is 34.7 Å². The number of methoxy groups -OCH3 is 1. The number of carbonyl (C=O) groups is 2. The minimum atomic E-state index is -0.840. The number of Topliss-reactive ketones (excluding diaryl/α,β-unsaturated/α-hetero) is 1. The van der Waals surface area contributed by atoms with Gasteiger partial charge in [0.1, 0.15) is 11.5 Å². The highest BCUT2D eigenvalue weighted by Crippen LogP contribution is 2.43. The lowest BCUT2D eigenvalue weighted by molar-refractivity contribution is -0.132. The second-order valence-electron chi connectivity index (χ2n) is 7.32. The van der Waals surface area contributed by atoms with E-state index in [-0.39, 0.29) is 21.9 Å². The number of ether oxygens (including phenoxy) is 1. The summed E-state index contributed by atoms with van der Waals surface area (Å²) in [5, 5.41) is 11.4. The Kier molecular flexibility index (Phi) is 5.97. The van der Waals surface area contributed by atoms with E-state index >= 15 is 0 Å². The Labute approximate surface area is 190 Å². The highest BCUT2D eigenvalue weighted by Gasteiger charge is 2.47. The molecule has 7 heteroatoms. The molecule has 0 saturated carbocycles. The van der Waals surface area contributed by atoms with Crippen molar-refractivity contribution in [1.82, 2.24) is 4.98 Å². The molecule has 1 aliphatic rings. The molecule has 1 atom stereocenters. The lowest BCUT2D eigenvalue weighted by atomic mass is 9.95. The molecule has 1 aromatic heterocycles. The normalized spacial score (nSPS) is 17.6. The number of aliphatic hydroxyl groups excluding tert-OH is 1. The molecule has 2 aromatic carbocycles. The first-order valence-electron chi connectivity index (χ1n) is 10.1. The number of pyridine rings is 1. The minimum Gasteiger partial charge on any atom is -0.507 e. The highest BCUT2D eigenvalue weighted by atomic mass is 35.5. The van der Waals surface area contributed by atoms with Gasteiger partial charge < -0.3 is 9.84 Å². The first kappa shape index (κ1) is 21.6. The Morgan fingerprint density at radius 3 is 2.41 bits per heavy atom. The molecule has 0 spiro atoms. The first-order valence-corrected chi connectivity index (χ1v) is 10.5. The van der Waals surface area contributed by atoms with Crippen LogP contribution in [0.3, 0.4) is 0 Å². The van der Waals surface area contributed by atoms with Crippen LogP contribution in [0.15, 0.2) is 72.6 Å². The number of hydrogen-bond donors (Lipinski definition) is 1. The molecular weight excluding hydrogens is 428 g/mol. The molecule has 0 aliphatic carbocycles. The number of ketones is 1. The van der Waals surface area contributed by atoms with Crippen molar-refractivity contribution in [2.45, 2.75) is 19.4 Å². The van der Waals surface area contributed by atoms with Gasteiger partial charge in [0.05, 0.1) is 23.7 Å². The van der Waals surface area contributed by atoms with Crippen LogP contribution in [0.5, 0.6) is 5.75 Å². The number of carbonyl (C=O) groups excluding carboxylic acids is 2. The van der Waals surface area contributed by atoms with Crippen LogP contribution in [0.4, 0.5) is 5.69 Å². The number of benzene rings is 2. The molecule has 1 saturated heterocycles. The van der Waals surface area contributed by atoms with Crippen molar-refractivity contribution in [1.29, 1.82) is 0 Å². The largest absolute Gasteiger partial charge is 0.507 e. The fraction of sp³-hybridized carbons (Fsp3) is 0.160. The van der Waals surface area contributed by atoms with Gasteiger partial charge in [0.15, 0.2) is 0 Å². The van der Waals surface area contributed by atoms with E-state index in [0.29, 0.717) is 17.0 Å². The zero-order valence-corrected chi connectivity index (χ0v) is 18.3. The summed E-state index contributed by atoms with van der Waals surface area (Å²) in [6.45, 7) is 2.04. The van der Waals surface area contributed by atoms with Crippen LogP contribution < -0.4 is 9.64 Å². The van der Waals surface area contributed by atoms with Gasteiger partial charge in [-0.25, -0.2) is 0 Å². The fourth-order valence-electron chi connectivity index (χ4n) is 3.81. The van der Waals surface area contributed by atoms with Crippen LogP contribution in [-0.2, 0) is 16.0 Å². The van der Waals surface area contributed by atoms with Gasteiger partial charge in [-0.1, -0.05) is 30.7 Å². The van der Waals surface area contributed by atoms with Crippen molar-refractivity contribution < 1.29 is 19.4 Å². The molecule has 1 amide bonds. The van der Waals surface area contributed by atoms with Crippen molar-refractivity contribution in [3.05, 3.63) is 94.3 Å². The predicted octanol–water partition coefficient (Wildman–Crippen LogP) is 4.93. The average molecular weight is 449 g/mol. The number of aryl methyl sites for hydroxylation is 1. The summed E-state index contributed by atoms with van der Waals surface area (Å²) in [4.78, 5) is 31.8. The number of anilines is 1. The lowest BCUT2D eigenvalue weighted by Gasteiger charge is -2.25. The molecular formula is C25H21ClN2O4. The summed E-state index contributed by atoms with van der Waals surface area (Å²) in [7, 11) is 1.49.